The minimum absolute atomic E-state index is 0.0799. The summed E-state index contributed by atoms with van der Waals surface area (Å²) in [7, 11) is -3.36. The topological polar surface area (TPSA) is 54.0 Å². The molecule has 1 radical (unpaired) electrons. The number of sulfone groups is 1. The number of benzene rings is 1. The highest BCUT2D eigenvalue weighted by Gasteiger charge is 2.10. The number of rotatable bonds is 3. The minimum atomic E-state index is -3.36. The SMILES string of the molecule is CS(=O)(=O)/C(=C\c1ccccc1)C[O]. The van der Waals surface area contributed by atoms with Crippen LogP contribution in [0.5, 0.6) is 0 Å². The molecule has 0 unspecified atom stereocenters. The van der Waals surface area contributed by atoms with Crippen LogP contribution in [-0.2, 0) is 14.9 Å². The van der Waals surface area contributed by atoms with E-state index in [0.29, 0.717) is 0 Å². The molecule has 0 fully saturated rings. The van der Waals surface area contributed by atoms with Crippen molar-refractivity contribution in [2.75, 3.05) is 12.9 Å². The maximum Gasteiger partial charge on any atom is 0.174 e. The van der Waals surface area contributed by atoms with Gasteiger partial charge in [0.2, 0.25) is 0 Å². The highest BCUT2D eigenvalue weighted by molar-refractivity contribution is 7.94. The van der Waals surface area contributed by atoms with Crippen molar-refractivity contribution in [3.05, 3.63) is 40.8 Å². The quantitative estimate of drug-likeness (QED) is 0.760. The van der Waals surface area contributed by atoms with Crippen LogP contribution in [0, 0.1) is 0 Å². The van der Waals surface area contributed by atoms with Gasteiger partial charge in [0, 0.05) is 6.26 Å². The van der Waals surface area contributed by atoms with E-state index < -0.39 is 16.4 Å². The molecule has 0 N–H and O–H groups in total. The fraction of sp³-hybridized carbons (Fsp3) is 0.200. The first-order valence-electron chi connectivity index (χ1n) is 4.08. The van der Waals surface area contributed by atoms with Crippen molar-refractivity contribution in [2.45, 2.75) is 0 Å². The summed E-state index contributed by atoms with van der Waals surface area (Å²) in [5.41, 5.74) is 0.726. The van der Waals surface area contributed by atoms with Gasteiger partial charge in [-0.1, -0.05) is 30.3 Å². The Morgan fingerprint density at radius 3 is 2.29 bits per heavy atom. The molecule has 0 spiro atoms. The zero-order chi connectivity index (χ0) is 10.6. The predicted octanol–water partition coefficient (Wildman–Crippen LogP) is 1.50. The highest BCUT2D eigenvalue weighted by atomic mass is 32.2. The van der Waals surface area contributed by atoms with Gasteiger partial charge in [-0.25, -0.2) is 13.5 Å². The maximum atomic E-state index is 11.1. The molecule has 0 heterocycles. The van der Waals surface area contributed by atoms with E-state index in [0.717, 1.165) is 11.8 Å². The second kappa shape index (κ2) is 4.39. The van der Waals surface area contributed by atoms with E-state index >= 15 is 0 Å². The van der Waals surface area contributed by atoms with Crippen LogP contribution in [-0.4, -0.2) is 21.3 Å². The molecule has 0 aliphatic heterocycles. The van der Waals surface area contributed by atoms with Crippen LogP contribution in [0.4, 0.5) is 0 Å². The molecule has 0 saturated carbocycles. The molecule has 1 aromatic rings. The number of hydrogen-bond donors (Lipinski definition) is 0. The summed E-state index contributed by atoms with van der Waals surface area (Å²) in [6.45, 7) is -0.715. The van der Waals surface area contributed by atoms with Crippen molar-refractivity contribution >= 4 is 15.9 Å². The first kappa shape index (κ1) is 10.9. The monoisotopic (exact) mass is 211 g/mol. The highest BCUT2D eigenvalue weighted by Crippen LogP contribution is 2.10. The molecule has 0 aliphatic rings. The van der Waals surface area contributed by atoms with Crippen LogP contribution < -0.4 is 0 Å². The molecule has 14 heavy (non-hydrogen) atoms. The molecule has 0 saturated heterocycles. The second-order valence-corrected chi connectivity index (χ2v) is 5.01. The van der Waals surface area contributed by atoms with E-state index in [4.69, 9.17) is 0 Å². The predicted molar refractivity (Wildman–Crippen MR) is 54.8 cm³/mol. The van der Waals surface area contributed by atoms with Gasteiger partial charge in [0.25, 0.3) is 0 Å². The van der Waals surface area contributed by atoms with Gasteiger partial charge in [-0.05, 0) is 11.6 Å². The van der Waals surface area contributed by atoms with Gasteiger partial charge in [0.1, 0.15) is 6.61 Å². The van der Waals surface area contributed by atoms with Gasteiger partial charge in [-0.3, -0.25) is 0 Å². The lowest BCUT2D eigenvalue weighted by molar-refractivity contribution is 0.229. The molecule has 0 atom stereocenters. The van der Waals surface area contributed by atoms with E-state index in [1.54, 1.807) is 24.3 Å². The Hall–Kier alpha value is -1.13. The van der Waals surface area contributed by atoms with Crippen molar-refractivity contribution in [3.63, 3.8) is 0 Å². The Morgan fingerprint density at radius 2 is 1.86 bits per heavy atom. The number of hydrogen-bond acceptors (Lipinski definition) is 2. The van der Waals surface area contributed by atoms with E-state index in [1.807, 2.05) is 6.07 Å². The summed E-state index contributed by atoms with van der Waals surface area (Å²) in [5.74, 6) is 0. The van der Waals surface area contributed by atoms with E-state index in [-0.39, 0.29) is 4.91 Å². The van der Waals surface area contributed by atoms with Gasteiger partial charge in [-0.2, -0.15) is 0 Å². The van der Waals surface area contributed by atoms with Crippen LogP contribution >= 0.6 is 0 Å². The van der Waals surface area contributed by atoms with Crippen LogP contribution in [0.15, 0.2) is 35.2 Å². The summed E-state index contributed by atoms with van der Waals surface area (Å²) in [5, 5.41) is 10.6. The van der Waals surface area contributed by atoms with Crippen molar-refractivity contribution in [3.8, 4) is 0 Å². The third-order valence-electron chi connectivity index (χ3n) is 1.75. The Kier molecular flexibility index (Phi) is 3.43. The Balaban J connectivity index is 3.09. The van der Waals surface area contributed by atoms with E-state index in [1.165, 1.54) is 6.08 Å². The lowest BCUT2D eigenvalue weighted by atomic mass is 10.2. The van der Waals surface area contributed by atoms with Crippen molar-refractivity contribution < 1.29 is 13.5 Å². The lowest BCUT2D eigenvalue weighted by Gasteiger charge is -1.99. The molecule has 4 heteroatoms. The third kappa shape index (κ3) is 2.97. The summed E-state index contributed by atoms with van der Waals surface area (Å²) in [6.07, 6.45) is 2.45. The first-order chi connectivity index (χ1) is 6.54. The molecule has 1 rings (SSSR count). The Morgan fingerprint density at radius 1 is 1.29 bits per heavy atom. The molecule has 0 bridgehead atoms. The second-order valence-electron chi connectivity index (χ2n) is 2.94. The minimum Gasteiger partial charge on any atom is -0.231 e. The zero-order valence-corrected chi connectivity index (χ0v) is 8.62. The largest absolute Gasteiger partial charge is 0.231 e. The fourth-order valence-electron chi connectivity index (χ4n) is 0.991. The molecule has 75 valence electrons. The van der Waals surface area contributed by atoms with Crippen molar-refractivity contribution in [1.82, 2.24) is 0 Å². The van der Waals surface area contributed by atoms with Crippen LogP contribution in [0.1, 0.15) is 5.56 Å². The molecule has 0 aromatic heterocycles. The Labute approximate surface area is 83.6 Å². The van der Waals surface area contributed by atoms with Gasteiger partial charge in [-0.15, -0.1) is 0 Å². The molecule has 3 nitrogen and oxygen atoms in total. The van der Waals surface area contributed by atoms with Crippen molar-refractivity contribution in [2.24, 2.45) is 0 Å². The lowest BCUT2D eigenvalue weighted by Crippen LogP contribution is -2.03. The average molecular weight is 211 g/mol. The summed E-state index contributed by atoms with van der Waals surface area (Å²) in [6, 6.07) is 8.91. The normalized spacial score (nSPS) is 12.9. The first-order valence-corrected chi connectivity index (χ1v) is 5.97. The maximum absolute atomic E-state index is 11.1. The van der Waals surface area contributed by atoms with Gasteiger partial charge in [0.05, 0.1) is 4.91 Å². The molecule has 0 aliphatic carbocycles. The molecular weight excluding hydrogens is 200 g/mol. The van der Waals surface area contributed by atoms with Gasteiger partial charge in [0.15, 0.2) is 9.84 Å². The molecule has 1 aromatic carbocycles. The van der Waals surface area contributed by atoms with Crippen LogP contribution in [0.2, 0.25) is 0 Å². The third-order valence-corrected chi connectivity index (χ3v) is 2.93. The fourth-order valence-corrected chi connectivity index (χ4v) is 1.56. The van der Waals surface area contributed by atoms with Gasteiger partial charge < -0.3 is 0 Å². The zero-order valence-electron chi connectivity index (χ0n) is 7.80. The van der Waals surface area contributed by atoms with Crippen LogP contribution in [0.25, 0.3) is 6.08 Å². The Bertz CT molecular complexity index is 418. The molecular formula is C10H11O3S. The summed E-state index contributed by atoms with van der Waals surface area (Å²) >= 11 is 0. The standard InChI is InChI=1S/C10H11O3S/c1-14(12,13)10(8-11)7-9-5-3-2-4-6-9/h2-7H,8H2,1H3/b10-7-. The summed E-state index contributed by atoms with van der Waals surface area (Å²) < 4.78 is 22.2. The summed E-state index contributed by atoms with van der Waals surface area (Å²) in [4.78, 5) is -0.0799. The van der Waals surface area contributed by atoms with Crippen molar-refractivity contribution in [1.29, 1.82) is 0 Å². The average Bonchev–Trinajstić information content (AvgIpc) is 2.14. The van der Waals surface area contributed by atoms with E-state index in [2.05, 4.69) is 0 Å². The van der Waals surface area contributed by atoms with Gasteiger partial charge >= 0.3 is 0 Å². The smallest absolute Gasteiger partial charge is 0.174 e. The van der Waals surface area contributed by atoms with E-state index in [9.17, 15) is 13.5 Å². The van der Waals surface area contributed by atoms with Crippen LogP contribution in [0.3, 0.4) is 0 Å². The molecule has 0 amide bonds.